The Morgan fingerprint density at radius 3 is 2.74 bits per heavy atom. The van der Waals surface area contributed by atoms with E-state index < -0.39 is 16.0 Å². The van der Waals surface area contributed by atoms with Crippen molar-refractivity contribution in [1.82, 2.24) is 14.3 Å². The average molecular weight is 389 g/mol. The smallest absolute Gasteiger partial charge is 0.338 e. The predicted octanol–water partition coefficient (Wildman–Crippen LogP) is 1.48. The summed E-state index contributed by atoms with van der Waals surface area (Å²) in [7, 11) is -2.34. The number of imidazole rings is 1. The summed E-state index contributed by atoms with van der Waals surface area (Å²) < 4.78 is 32.6. The van der Waals surface area contributed by atoms with Gasteiger partial charge in [-0.15, -0.1) is 0 Å². The van der Waals surface area contributed by atoms with E-state index in [1.54, 1.807) is 4.57 Å². The highest BCUT2D eigenvalue weighted by atomic mass is 32.2. The average Bonchev–Trinajstić information content (AvgIpc) is 3.00. The van der Waals surface area contributed by atoms with Gasteiger partial charge in [-0.05, 0) is 43.8 Å². The van der Waals surface area contributed by atoms with Crippen LogP contribution in [0.5, 0.6) is 0 Å². The Morgan fingerprint density at radius 1 is 1.19 bits per heavy atom. The van der Waals surface area contributed by atoms with Gasteiger partial charge in [-0.3, -0.25) is 4.57 Å². The number of H-pyrrole nitrogens is 1. The standard InChI is InChI=1S/C18H19N3O5S/c1-19-27(24,25)14-7-4-6-13(12-14)17(22)26-11-5-10-21-16-9-3-2-8-15(16)20-18(21)23/h2-4,6-9,12,19H,5,10-11H2,1H3,(H,20,23). The molecule has 0 aliphatic rings. The van der Waals surface area contributed by atoms with E-state index in [0.29, 0.717) is 13.0 Å². The monoisotopic (exact) mass is 389 g/mol. The van der Waals surface area contributed by atoms with Gasteiger partial charge >= 0.3 is 11.7 Å². The van der Waals surface area contributed by atoms with Gasteiger partial charge in [0.1, 0.15) is 0 Å². The zero-order valence-electron chi connectivity index (χ0n) is 14.6. The number of aryl methyl sites for hydroxylation is 1. The van der Waals surface area contributed by atoms with Crippen molar-refractivity contribution in [1.29, 1.82) is 0 Å². The van der Waals surface area contributed by atoms with Crippen LogP contribution in [0.1, 0.15) is 16.8 Å². The maximum atomic E-state index is 12.1. The highest BCUT2D eigenvalue weighted by Gasteiger charge is 2.15. The van der Waals surface area contributed by atoms with Crippen LogP contribution < -0.4 is 10.4 Å². The Kier molecular flexibility index (Phi) is 5.43. The highest BCUT2D eigenvalue weighted by molar-refractivity contribution is 7.89. The summed E-state index contributed by atoms with van der Waals surface area (Å²) in [6, 6.07) is 13.0. The summed E-state index contributed by atoms with van der Waals surface area (Å²) in [6.07, 6.45) is 0.446. The lowest BCUT2D eigenvalue weighted by Crippen LogP contribution is -2.19. The lowest BCUT2D eigenvalue weighted by molar-refractivity contribution is 0.0496. The van der Waals surface area contributed by atoms with E-state index in [2.05, 4.69) is 9.71 Å². The number of hydrogen-bond acceptors (Lipinski definition) is 5. The molecular weight excluding hydrogens is 370 g/mol. The number of aromatic nitrogens is 2. The zero-order valence-corrected chi connectivity index (χ0v) is 15.5. The molecule has 3 rings (SSSR count). The van der Waals surface area contributed by atoms with Crippen LogP contribution in [0, 0.1) is 0 Å². The van der Waals surface area contributed by atoms with Crippen molar-refractivity contribution in [2.75, 3.05) is 13.7 Å². The molecule has 0 amide bonds. The Hall–Kier alpha value is -2.91. The van der Waals surface area contributed by atoms with Crippen LogP contribution in [0.3, 0.4) is 0 Å². The normalized spacial score (nSPS) is 11.6. The lowest BCUT2D eigenvalue weighted by Gasteiger charge is -2.07. The van der Waals surface area contributed by atoms with E-state index in [1.165, 1.54) is 31.3 Å². The Labute approximate surface area is 155 Å². The molecule has 0 saturated heterocycles. The lowest BCUT2D eigenvalue weighted by atomic mass is 10.2. The largest absolute Gasteiger partial charge is 0.462 e. The number of aromatic amines is 1. The number of benzene rings is 2. The Bertz CT molecular complexity index is 1130. The van der Waals surface area contributed by atoms with E-state index in [9.17, 15) is 18.0 Å². The summed E-state index contributed by atoms with van der Waals surface area (Å²) in [5, 5.41) is 0. The van der Waals surface area contributed by atoms with Gasteiger partial charge in [-0.25, -0.2) is 22.7 Å². The van der Waals surface area contributed by atoms with E-state index in [4.69, 9.17) is 4.74 Å². The molecule has 1 heterocycles. The molecule has 0 unspecified atom stereocenters. The van der Waals surface area contributed by atoms with E-state index in [-0.39, 0.29) is 22.8 Å². The van der Waals surface area contributed by atoms with E-state index >= 15 is 0 Å². The maximum Gasteiger partial charge on any atom is 0.338 e. The number of carbonyl (C=O) groups is 1. The van der Waals surface area contributed by atoms with Crippen LogP contribution >= 0.6 is 0 Å². The number of esters is 1. The molecule has 0 spiro atoms. The second-order valence-electron chi connectivity index (χ2n) is 5.82. The number of ether oxygens (including phenoxy) is 1. The summed E-state index contributed by atoms with van der Waals surface area (Å²) in [5.41, 5.74) is 1.48. The van der Waals surface area contributed by atoms with Gasteiger partial charge in [0.05, 0.1) is 28.1 Å². The first-order valence-electron chi connectivity index (χ1n) is 8.30. The fourth-order valence-corrected chi connectivity index (χ4v) is 3.48. The van der Waals surface area contributed by atoms with Gasteiger partial charge in [-0.2, -0.15) is 0 Å². The summed E-state index contributed by atoms with van der Waals surface area (Å²) >= 11 is 0. The number of fused-ring (bicyclic) bond motifs is 1. The van der Waals surface area contributed by atoms with Crippen molar-refractivity contribution in [2.45, 2.75) is 17.9 Å². The molecule has 8 nitrogen and oxygen atoms in total. The van der Waals surface area contributed by atoms with Crippen molar-refractivity contribution < 1.29 is 17.9 Å². The molecule has 27 heavy (non-hydrogen) atoms. The minimum atomic E-state index is -3.63. The summed E-state index contributed by atoms with van der Waals surface area (Å²) in [6.45, 7) is 0.498. The molecule has 0 saturated carbocycles. The molecule has 0 atom stereocenters. The predicted molar refractivity (Wildman–Crippen MR) is 100 cm³/mol. The van der Waals surface area contributed by atoms with Crippen LogP contribution in [-0.2, 0) is 21.3 Å². The molecule has 0 aliphatic heterocycles. The van der Waals surface area contributed by atoms with Crippen molar-refractivity contribution >= 4 is 27.0 Å². The van der Waals surface area contributed by atoms with E-state index in [0.717, 1.165) is 11.0 Å². The molecule has 0 radical (unpaired) electrons. The number of sulfonamides is 1. The van der Waals surface area contributed by atoms with Gasteiger partial charge < -0.3 is 9.72 Å². The van der Waals surface area contributed by atoms with Crippen molar-refractivity contribution in [3.8, 4) is 0 Å². The van der Waals surface area contributed by atoms with Gasteiger partial charge in [0.2, 0.25) is 10.0 Å². The van der Waals surface area contributed by atoms with E-state index in [1.807, 2.05) is 24.3 Å². The molecule has 142 valence electrons. The van der Waals surface area contributed by atoms with Crippen LogP contribution in [0.2, 0.25) is 0 Å². The number of nitrogens with one attached hydrogen (secondary N) is 2. The topological polar surface area (TPSA) is 110 Å². The first kappa shape index (κ1) is 18.9. The molecule has 2 N–H and O–H groups in total. The molecular formula is C18H19N3O5S. The fourth-order valence-electron chi connectivity index (χ4n) is 2.71. The third kappa shape index (κ3) is 4.09. The van der Waals surface area contributed by atoms with Crippen molar-refractivity contribution in [3.05, 3.63) is 64.6 Å². The molecule has 2 aromatic carbocycles. The Morgan fingerprint density at radius 2 is 1.96 bits per heavy atom. The first-order valence-corrected chi connectivity index (χ1v) is 9.79. The molecule has 0 fully saturated rings. The van der Waals surface area contributed by atoms with Gasteiger partial charge in [-0.1, -0.05) is 18.2 Å². The van der Waals surface area contributed by atoms with Crippen molar-refractivity contribution in [2.24, 2.45) is 0 Å². The third-order valence-corrected chi connectivity index (χ3v) is 5.50. The third-order valence-electron chi connectivity index (χ3n) is 4.09. The van der Waals surface area contributed by atoms with Gasteiger partial charge in [0.25, 0.3) is 0 Å². The second-order valence-corrected chi connectivity index (χ2v) is 7.71. The molecule has 0 bridgehead atoms. The minimum Gasteiger partial charge on any atom is -0.462 e. The Balaban J connectivity index is 1.61. The quantitative estimate of drug-likeness (QED) is 0.470. The molecule has 3 aromatic rings. The van der Waals surface area contributed by atoms with Crippen molar-refractivity contribution in [3.63, 3.8) is 0 Å². The first-order chi connectivity index (χ1) is 12.9. The SMILES string of the molecule is CNS(=O)(=O)c1cccc(C(=O)OCCCn2c(=O)[nH]c3ccccc32)c1. The summed E-state index contributed by atoms with van der Waals surface area (Å²) in [5.74, 6) is -0.616. The van der Waals surface area contributed by atoms with Crippen LogP contribution in [0.25, 0.3) is 11.0 Å². The fraction of sp³-hybridized carbons (Fsp3) is 0.222. The van der Waals surface area contributed by atoms with Crippen LogP contribution in [-0.4, -0.2) is 37.6 Å². The zero-order chi connectivity index (χ0) is 19.4. The van der Waals surface area contributed by atoms with Gasteiger partial charge in [0.15, 0.2) is 0 Å². The number of para-hydroxylation sites is 2. The van der Waals surface area contributed by atoms with Crippen LogP contribution in [0.15, 0.2) is 58.2 Å². The number of carbonyl (C=O) groups excluding carboxylic acids is 1. The number of rotatable bonds is 7. The van der Waals surface area contributed by atoms with Gasteiger partial charge in [0, 0.05) is 6.54 Å². The number of hydrogen-bond donors (Lipinski definition) is 2. The number of nitrogens with zero attached hydrogens (tertiary/aromatic N) is 1. The molecule has 1 aromatic heterocycles. The molecule has 0 aliphatic carbocycles. The van der Waals surface area contributed by atoms with Crippen LogP contribution in [0.4, 0.5) is 0 Å². The highest BCUT2D eigenvalue weighted by Crippen LogP contribution is 2.13. The summed E-state index contributed by atoms with van der Waals surface area (Å²) in [4.78, 5) is 26.9. The minimum absolute atomic E-state index is 0.00945. The molecule has 9 heteroatoms. The second kappa shape index (κ2) is 7.77. The maximum absolute atomic E-state index is 12.1.